The lowest BCUT2D eigenvalue weighted by Crippen LogP contribution is -2.35. The van der Waals surface area contributed by atoms with E-state index in [9.17, 15) is 16.8 Å². The number of anilines is 2. The molecule has 7 nitrogen and oxygen atoms in total. The first-order valence-corrected chi connectivity index (χ1v) is 15.6. The molecule has 37 heavy (non-hydrogen) atoms. The molecule has 0 bridgehead atoms. The number of aryl methyl sites for hydroxylation is 2. The van der Waals surface area contributed by atoms with Gasteiger partial charge in [-0.3, -0.25) is 4.31 Å². The fourth-order valence-corrected chi connectivity index (χ4v) is 7.34. The minimum atomic E-state index is -3.87. The highest BCUT2D eigenvalue weighted by Crippen LogP contribution is 2.27. The van der Waals surface area contributed by atoms with Crippen molar-refractivity contribution in [2.75, 3.05) is 35.4 Å². The van der Waals surface area contributed by atoms with Crippen molar-refractivity contribution in [1.29, 1.82) is 0 Å². The summed E-state index contributed by atoms with van der Waals surface area (Å²) in [6, 6.07) is 21.8. The van der Waals surface area contributed by atoms with Gasteiger partial charge in [-0.15, -0.1) is 0 Å². The molecule has 3 aromatic carbocycles. The van der Waals surface area contributed by atoms with Gasteiger partial charge in [0.1, 0.15) is 0 Å². The van der Waals surface area contributed by atoms with Crippen LogP contribution in [0.4, 0.5) is 11.4 Å². The Bertz CT molecular complexity index is 1390. The molecule has 0 aliphatic carbocycles. The molecule has 0 radical (unpaired) electrons. The number of nitrogens with two attached hydrogens (primary N) is 1. The van der Waals surface area contributed by atoms with E-state index in [-0.39, 0.29) is 17.2 Å². The van der Waals surface area contributed by atoms with Gasteiger partial charge >= 0.3 is 0 Å². The van der Waals surface area contributed by atoms with Crippen LogP contribution in [0.3, 0.4) is 0 Å². The molecule has 0 unspecified atom stereocenters. The van der Waals surface area contributed by atoms with Crippen LogP contribution in [-0.4, -0.2) is 46.5 Å². The third-order valence-corrected chi connectivity index (χ3v) is 10.2. The molecule has 0 aliphatic rings. The van der Waals surface area contributed by atoms with Gasteiger partial charge in [0, 0.05) is 25.3 Å². The average molecular weight is 544 g/mol. The van der Waals surface area contributed by atoms with Crippen LogP contribution in [0.25, 0.3) is 0 Å². The molecule has 0 heterocycles. The maximum Gasteiger partial charge on any atom is 0.264 e. The number of rotatable bonds is 13. The number of nitrogen functional groups attached to an aromatic ring is 1. The van der Waals surface area contributed by atoms with Gasteiger partial charge in [-0.2, -0.15) is 0 Å². The van der Waals surface area contributed by atoms with Crippen LogP contribution < -0.4 is 10.0 Å². The van der Waals surface area contributed by atoms with Gasteiger partial charge < -0.3 is 5.73 Å². The van der Waals surface area contributed by atoms with Crippen molar-refractivity contribution in [3.05, 3.63) is 89.5 Å². The SMILES string of the molecule is CCN(CCc1ccccc1)S(=O)(=O)CCCCN(c1cccc(C)c1)S(=O)(=O)c1ccc(N)c(C)c1. The van der Waals surface area contributed by atoms with Gasteiger partial charge in [-0.05, 0) is 80.1 Å². The fraction of sp³-hybridized carbons (Fsp3) is 0.357. The molecule has 0 atom stereocenters. The van der Waals surface area contributed by atoms with E-state index >= 15 is 0 Å². The van der Waals surface area contributed by atoms with Crippen molar-refractivity contribution < 1.29 is 16.8 Å². The zero-order chi connectivity index (χ0) is 27.1. The maximum atomic E-state index is 13.6. The zero-order valence-corrected chi connectivity index (χ0v) is 23.4. The van der Waals surface area contributed by atoms with E-state index < -0.39 is 20.0 Å². The normalized spacial score (nSPS) is 12.1. The Balaban J connectivity index is 1.71. The lowest BCUT2D eigenvalue weighted by Gasteiger charge is -2.26. The number of nitrogens with zero attached hydrogens (tertiary/aromatic N) is 2. The summed E-state index contributed by atoms with van der Waals surface area (Å²) < 4.78 is 56.2. The van der Waals surface area contributed by atoms with Crippen molar-refractivity contribution in [2.45, 2.75) is 44.9 Å². The molecule has 0 aliphatic heterocycles. The Morgan fingerprint density at radius 1 is 0.811 bits per heavy atom. The first-order valence-electron chi connectivity index (χ1n) is 12.5. The second-order valence-electron chi connectivity index (χ2n) is 9.18. The summed E-state index contributed by atoms with van der Waals surface area (Å²) in [5, 5.41) is 0. The first-order chi connectivity index (χ1) is 17.5. The highest BCUT2D eigenvalue weighted by atomic mass is 32.2. The molecular weight excluding hydrogens is 506 g/mol. The number of likely N-dealkylation sites (N-methyl/N-ethyl adjacent to an activating group) is 1. The monoisotopic (exact) mass is 543 g/mol. The molecule has 0 saturated heterocycles. The number of benzene rings is 3. The van der Waals surface area contributed by atoms with E-state index in [0.717, 1.165) is 11.1 Å². The van der Waals surface area contributed by atoms with Crippen LogP contribution in [0.2, 0.25) is 0 Å². The van der Waals surface area contributed by atoms with E-state index in [1.807, 2.05) is 62.4 Å². The Labute approximate surface area is 222 Å². The molecule has 2 N–H and O–H groups in total. The van der Waals surface area contributed by atoms with Crippen molar-refractivity contribution in [3.8, 4) is 0 Å². The summed E-state index contributed by atoms with van der Waals surface area (Å²) in [6.07, 6.45) is 1.40. The zero-order valence-electron chi connectivity index (χ0n) is 21.8. The Kier molecular flexibility index (Phi) is 9.75. The quantitative estimate of drug-likeness (QED) is 0.248. The van der Waals surface area contributed by atoms with E-state index in [2.05, 4.69) is 0 Å². The Morgan fingerprint density at radius 3 is 2.19 bits per heavy atom. The van der Waals surface area contributed by atoms with Crippen molar-refractivity contribution >= 4 is 31.4 Å². The van der Waals surface area contributed by atoms with E-state index in [1.165, 1.54) is 14.7 Å². The lowest BCUT2D eigenvalue weighted by atomic mass is 10.1. The van der Waals surface area contributed by atoms with Crippen molar-refractivity contribution in [1.82, 2.24) is 4.31 Å². The molecule has 200 valence electrons. The Morgan fingerprint density at radius 2 is 1.54 bits per heavy atom. The number of hydrogen-bond donors (Lipinski definition) is 1. The van der Waals surface area contributed by atoms with E-state index in [1.54, 1.807) is 25.1 Å². The fourth-order valence-electron chi connectivity index (χ4n) is 4.17. The predicted molar refractivity (Wildman–Crippen MR) is 152 cm³/mol. The molecule has 0 aromatic heterocycles. The van der Waals surface area contributed by atoms with Crippen molar-refractivity contribution in [2.24, 2.45) is 0 Å². The number of unbranched alkanes of at least 4 members (excludes halogenated alkanes) is 1. The minimum absolute atomic E-state index is 0.0295. The summed E-state index contributed by atoms with van der Waals surface area (Å²) in [4.78, 5) is 0.159. The van der Waals surface area contributed by atoms with Gasteiger partial charge in [0.25, 0.3) is 10.0 Å². The van der Waals surface area contributed by atoms with Crippen LogP contribution in [0.15, 0.2) is 77.7 Å². The topological polar surface area (TPSA) is 101 Å². The molecule has 3 aromatic rings. The van der Waals surface area contributed by atoms with Crippen molar-refractivity contribution in [3.63, 3.8) is 0 Å². The molecular formula is C28H37N3O4S2. The largest absolute Gasteiger partial charge is 0.399 e. The van der Waals surface area contributed by atoms with E-state index in [4.69, 9.17) is 5.73 Å². The van der Waals surface area contributed by atoms with Crippen LogP contribution in [0.5, 0.6) is 0 Å². The molecule has 0 fully saturated rings. The second-order valence-corrected chi connectivity index (χ2v) is 13.1. The molecule has 0 saturated carbocycles. The highest BCUT2D eigenvalue weighted by molar-refractivity contribution is 7.92. The van der Waals surface area contributed by atoms with Crippen LogP contribution >= 0.6 is 0 Å². The van der Waals surface area contributed by atoms with E-state index in [0.29, 0.717) is 49.3 Å². The maximum absolute atomic E-state index is 13.6. The van der Waals surface area contributed by atoms with Gasteiger partial charge in [0.05, 0.1) is 16.3 Å². The summed E-state index contributed by atoms with van der Waals surface area (Å²) in [5.74, 6) is -0.0295. The van der Waals surface area contributed by atoms with Crippen LogP contribution in [-0.2, 0) is 26.5 Å². The van der Waals surface area contributed by atoms with Gasteiger partial charge in [0.2, 0.25) is 10.0 Å². The predicted octanol–water partition coefficient (Wildman–Crippen LogP) is 4.76. The summed E-state index contributed by atoms with van der Waals surface area (Å²) in [6.45, 7) is 6.50. The molecule has 0 amide bonds. The van der Waals surface area contributed by atoms with Crippen LogP contribution in [0, 0.1) is 13.8 Å². The number of hydrogen-bond acceptors (Lipinski definition) is 5. The van der Waals surface area contributed by atoms with Crippen LogP contribution in [0.1, 0.15) is 36.5 Å². The third-order valence-electron chi connectivity index (χ3n) is 6.37. The third kappa shape index (κ3) is 7.56. The lowest BCUT2D eigenvalue weighted by molar-refractivity contribution is 0.429. The molecule has 0 spiro atoms. The van der Waals surface area contributed by atoms with Gasteiger partial charge in [0.15, 0.2) is 0 Å². The minimum Gasteiger partial charge on any atom is -0.399 e. The summed E-state index contributed by atoms with van der Waals surface area (Å²) >= 11 is 0. The Hall–Kier alpha value is -2.88. The van der Waals surface area contributed by atoms with Gasteiger partial charge in [-0.1, -0.05) is 49.4 Å². The average Bonchev–Trinajstić information content (AvgIpc) is 2.86. The first kappa shape index (κ1) is 28.7. The smallest absolute Gasteiger partial charge is 0.264 e. The van der Waals surface area contributed by atoms with Gasteiger partial charge in [-0.25, -0.2) is 21.1 Å². The summed E-state index contributed by atoms with van der Waals surface area (Å²) in [5.41, 5.74) is 9.69. The molecule has 9 heteroatoms. The standard InChI is InChI=1S/C28H37N3O4S2/c1-4-30(19-17-25-12-6-5-7-13-25)36(32,33)20-9-8-18-31(26-14-10-11-23(2)21-26)37(34,35)27-15-16-28(29)24(3)22-27/h5-7,10-16,21-22H,4,8-9,17-20,29H2,1-3H3. The number of sulfonamides is 2. The highest BCUT2D eigenvalue weighted by Gasteiger charge is 2.26. The molecule has 3 rings (SSSR count). The summed E-state index contributed by atoms with van der Waals surface area (Å²) in [7, 11) is -7.33. The second kappa shape index (κ2) is 12.6.